The van der Waals surface area contributed by atoms with Gasteiger partial charge in [0.25, 0.3) is 11.8 Å². The molecule has 2 N–H and O–H groups in total. The van der Waals surface area contributed by atoms with Crippen LogP contribution in [-0.4, -0.2) is 32.0 Å². The lowest BCUT2D eigenvalue weighted by molar-refractivity contribution is -0.122. The molecule has 0 unspecified atom stereocenters. The van der Waals surface area contributed by atoms with Gasteiger partial charge in [-0.25, -0.2) is 0 Å². The number of hydrazine groups is 1. The predicted octanol–water partition coefficient (Wildman–Crippen LogP) is 1.29. The van der Waals surface area contributed by atoms with E-state index in [1.165, 1.54) is 15.9 Å². The fourth-order valence-electron chi connectivity index (χ4n) is 3.09. The van der Waals surface area contributed by atoms with Gasteiger partial charge < -0.3 is 0 Å². The Morgan fingerprint density at radius 3 is 2.67 bits per heavy atom. The third-order valence-electron chi connectivity index (χ3n) is 4.45. The highest BCUT2D eigenvalue weighted by Crippen LogP contribution is 2.22. The van der Waals surface area contributed by atoms with Gasteiger partial charge in [-0.15, -0.1) is 10.2 Å². The molecule has 1 aliphatic carbocycles. The second-order valence-electron chi connectivity index (χ2n) is 6.35. The maximum atomic E-state index is 12.2. The Morgan fingerprint density at radius 2 is 1.81 bits per heavy atom. The zero-order chi connectivity index (χ0) is 18.6. The molecule has 0 saturated heterocycles. The maximum Gasteiger partial charge on any atom is 0.269 e. The van der Waals surface area contributed by atoms with Crippen molar-refractivity contribution in [3.8, 4) is 11.4 Å². The largest absolute Gasteiger partial charge is 0.271 e. The van der Waals surface area contributed by atoms with Crippen molar-refractivity contribution in [3.05, 3.63) is 65.2 Å². The molecule has 0 spiro atoms. The van der Waals surface area contributed by atoms with Gasteiger partial charge in [-0.05, 0) is 47.7 Å². The number of carbonyl (C=O) groups is 2. The van der Waals surface area contributed by atoms with E-state index >= 15 is 0 Å². The Hall–Kier alpha value is -3.55. The molecule has 0 atom stereocenters. The summed E-state index contributed by atoms with van der Waals surface area (Å²) in [5.74, 6) is -0.360. The van der Waals surface area contributed by atoms with Crippen LogP contribution in [0.25, 0.3) is 11.4 Å². The van der Waals surface area contributed by atoms with E-state index < -0.39 is 5.91 Å². The van der Waals surface area contributed by atoms with Gasteiger partial charge in [-0.3, -0.25) is 20.4 Å². The van der Waals surface area contributed by atoms with E-state index in [1.54, 1.807) is 6.07 Å². The van der Waals surface area contributed by atoms with Crippen LogP contribution in [0.1, 0.15) is 27.9 Å². The first kappa shape index (κ1) is 16.9. The normalized spacial score (nSPS) is 12.4. The number of hydrogen-bond donors (Lipinski definition) is 2. The van der Waals surface area contributed by atoms with Gasteiger partial charge in [-0.2, -0.15) is 4.80 Å². The van der Waals surface area contributed by atoms with Crippen LogP contribution in [0.4, 0.5) is 0 Å². The first-order chi connectivity index (χ1) is 13.2. The lowest BCUT2D eigenvalue weighted by Gasteiger charge is -2.08. The molecular weight excluding hydrogens is 344 g/mol. The molecule has 27 heavy (non-hydrogen) atoms. The molecule has 0 fully saturated rings. The first-order valence-electron chi connectivity index (χ1n) is 8.73. The Morgan fingerprint density at radius 1 is 1.00 bits per heavy atom. The summed E-state index contributed by atoms with van der Waals surface area (Å²) in [6.45, 7) is -0.149. The lowest BCUT2D eigenvalue weighted by Crippen LogP contribution is -2.43. The van der Waals surface area contributed by atoms with Crippen molar-refractivity contribution in [3.63, 3.8) is 0 Å². The van der Waals surface area contributed by atoms with Crippen molar-refractivity contribution in [2.75, 3.05) is 0 Å². The molecule has 8 heteroatoms. The van der Waals surface area contributed by atoms with Gasteiger partial charge in [0.2, 0.25) is 5.82 Å². The standard InChI is InChI=1S/C19H18N6O2/c26-17(12-25-23-18(21-24-25)14-5-2-1-3-6-14)20-22-19(27)16-10-9-13-7-4-8-15(13)11-16/h1-3,5-6,9-11H,4,7-8,12H2,(H,20,26)(H,22,27). The minimum atomic E-state index is -0.443. The number of aryl methyl sites for hydroxylation is 2. The Kier molecular flexibility index (Phi) is 4.61. The van der Waals surface area contributed by atoms with Crippen molar-refractivity contribution >= 4 is 11.8 Å². The van der Waals surface area contributed by atoms with Crippen LogP contribution in [0, 0.1) is 0 Å². The number of benzene rings is 2. The van der Waals surface area contributed by atoms with Crippen LogP contribution in [-0.2, 0) is 24.2 Å². The minimum absolute atomic E-state index is 0.149. The number of rotatable bonds is 4. The van der Waals surface area contributed by atoms with Crippen LogP contribution < -0.4 is 10.9 Å². The molecule has 1 heterocycles. The third-order valence-corrected chi connectivity index (χ3v) is 4.45. The molecular formula is C19H18N6O2. The highest BCUT2D eigenvalue weighted by Gasteiger charge is 2.15. The molecule has 3 aromatic rings. The van der Waals surface area contributed by atoms with Crippen LogP contribution in [0.5, 0.6) is 0 Å². The van der Waals surface area contributed by atoms with Crippen molar-refractivity contribution in [1.29, 1.82) is 0 Å². The molecule has 0 saturated carbocycles. The molecule has 2 amide bonds. The fraction of sp³-hybridized carbons (Fsp3) is 0.211. The molecule has 0 bridgehead atoms. The number of hydrogen-bond acceptors (Lipinski definition) is 5. The van der Waals surface area contributed by atoms with Gasteiger partial charge in [0, 0.05) is 11.1 Å². The number of nitrogens with zero attached hydrogens (tertiary/aromatic N) is 4. The summed E-state index contributed by atoms with van der Waals surface area (Å²) in [4.78, 5) is 25.4. The number of nitrogens with one attached hydrogen (secondary N) is 2. The SMILES string of the molecule is O=C(Cn1nnc(-c2ccccc2)n1)NNC(=O)c1ccc2c(c1)CCC2. The van der Waals surface area contributed by atoms with E-state index in [1.807, 2.05) is 42.5 Å². The average Bonchev–Trinajstić information content (AvgIpc) is 3.35. The van der Waals surface area contributed by atoms with Crippen LogP contribution in [0.15, 0.2) is 48.5 Å². The van der Waals surface area contributed by atoms with Crippen molar-refractivity contribution in [2.24, 2.45) is 0 Å². The topological polar surface area (TPSA) is 102 Å². The fourth-order valence-corrected chi connectivity index (χ4v) is 3.09. The van der Waals surface area contributed by atoms with E-state index in [-0.39, 0.29) is 12.5 Å². The molecule has 8 nitrogen and oxygen atoms in total. The summed E-state index contributed by atoms with van der Waals surface area (Å²) in [5.41, 5.74) is 8.64. The summed E-state index contributed by atoms with van der Waals surface area (Å²) in [6, 6.07) is 15.0. The highest BCUT2D eigenvalue weighted by atomic mass is 16.2. The third kappa shape index (κ3) is 3.84. The lowest BCUT2D eigenvalue weighted by atomic mass is 10.1. The minimum Gasteiger partial charge on any atom is -0.271 e. The van der Waals surface area contributed by atoms with Gasteiger partial charge in [0.15, 0.2) is 0 Å². The number of amides is 2. The molecule has 1 aliphatic rings. The number of fused-ring (bicyclic) bond motifs is 1. The van der Waals surface area contributed by atoms with E-state index in [0.717, 1.165) is 24.8 Å². The molecule has 1 aromatic heterocycles. The van der Waals surface area contributed by atoms with Crippen molar-refractivity contribution in [2.45, 2.75) is 25.8 Å². The molecule has 136 valence electrons. The van der Waals surface area contributed by atoms with Crippen LogP contribution >= 0.6 is 0 Å². The molecule has 2 aromatic carbocycles. The Labute approximate surface area is 155 Å². The molecule has 0 aliphatic heterocycles. The van der Waals surface area contributed by atoms with Crippen molar-refractivity contribution in [1.82, 2.24) is 31.1 Å². The number of aromatic nitrogens is 4. The number of tetrazole rings is 1. The Bertz CT molecular complexity index is 983. The second kappa shape index (κ2) is 7.36. The summed E-state index contributed by atoms with van der Waals surface area (Å²) >= 11 is 0. The quantitative estimate of drug-likeness (QED) is 0.681. The summed E-state index contributed by atoms with van der Waals surface area (Å²) in [5, 5.41) is 12.0. The summed E-state index contributed by atoms with van der Waals surface area (Å²) < 4.78 is 0. The van der Waals surface area contributed by atoms with E-state index in [4.69, 9.17) is 0 Å². The smallest absolute Gasteiger partial charge is 0.269 e. The summed E-state index contributed by atoms with van der Waals surface area (Å²) in [6.07, 6.45) is 3.17. The molecule has 0 radical (unpaired) electrons. The van der Waals surface area contributed by atoms with E-state index in [0.29, 0.717) is 11.4 Å². The zero-order valence-corrected chi connectivity index (χ0v) is 14.6. The first-order valence-corrected chi connectivity index (χ1v) is 8.73. The Balaban J connectivity index is 1.32. The van der Waals surface area contributed by atoms with E-state index in [2.05, 4.69) is 26.3 Å². The van der Waals surface area contributed by atoms with Gasteiger partial charge >= 0.3 is 0 Å². The maximum absolute atomic E-state index is 12.2. The highest BCUT2D eigenvalue weighted by molar-refractivity contribution is 5.95. The zero-order valence-electron chi connectivity index (χ0n) is 14.6. The number of carbonyl (C=O) groups excluding carboxylic acids is 2. The van der Waals surface area contributed by atoms with Gasteiger partial charge in [0.1, 0.15) is 6.54 Å². The van der Waals surface area contributed by atoms with Crippen LogP contribution in [0.3, 0.4) is 0 Å². The van der Waals surface area contributed by atoms with Gasteiger partial charge in [-0.1, -0.05) is 36.4 Å². The van der Waals surface area contributed by atoms with Gasteiger partial charge in [0.05, 0.1) is 0 Å². The monoisotopic (exact) mass is 362 g/mol. The molecule has 4 rings (SSSR count). The average molecular weight is 362 g/mol. The second-order valence-corrected chi connectivity index (χ2v) is 6.35. The van der Waals surface area contributed by atoms with Crippen LogP contribution in [0.2, 0.25) is 0 Å². The predicted molar refractivity (Wildman–Crippen MR) is 97.3 cm³/mol. The van der Waals surface area contributed by atoms with Crippen molar-refractivity contribution < 1.29 is 9.59 Å². The summed E-state index contributed by atoms with van der Waals surface area (Å²) in [7, 11) is 0. The van der Waals surface area contributed by atoms with E-state index in [9.17, 15) is 9.59 Å².